The first kappa shape index (κ1) is 19.8. The molecule has 0 spiro atoms. The Labute approximate surface area is 173 Å². The number of likely N-dealkylation sites (tertiary alicyclic amines) is 1. The Morgan fingerprint density at radius 3 is 2.43 bits per heavy atom. The second-order valence-electron chi connectivity index (χ2n) is 7.17. The minimum absolute atomic E-state index is 0.0955. The van der Waals surface area contributed by atoms with Crippen molar-refractivity contribution in [3.05, 3.63) is 59.2 Å². The van der Waals surface area contributed by atoms with E-state index in [-0.39, 0.29) is 24.1 Å². The fraction of sp³-hybridized carbons (Fsp3) is 0.318. The number of nitrogens with zero attached hydrogens (tertiary/aromatic N) is 1. The number of rotatable bonds is 5. The van der Waals surface area contributed by atoms with Crippen LogP contribution in [0, 0.1) is 0 Å². The number of hydrogen-bond donors (Lipinski definition) is 1. The predicted molar refractivity (Wildman–Crippen MR) is 106 cm³/mol. The lowest BCUT2D eigenvalue weighted by Crippen LogP contribution is -2.34. The number of nitrogens with two attached hydrogens (primary N) is 1. The van der Waals surface area contributed by atoms with Crippen molar-refractivity contribution in [2.45, 2.75) is 18.9 Å². The van der Waals surface area contributed by atoms with Gasteiger partial charge in [-0.3, -0.25) is 9.59 Å². The van der Waals surface area contributed by atoms with E-state index in [1.54, 1.807) is 4.90 Å². The Kier molecular flexibility index (Phi) is 5.56. The van der Waals surface area contributed by atoms with Crippen LogP contribution in [0.2, 0.25) is 0 Å². The zero-order valence-electron chi connectivity index (χ0n) is 16.3. The van der Waals surface area contributed by atoms with E-state index in [9.17, 15) is 14.4 Å². The molecular weight excluding hydrogens is 388 g/mol. The zero-order valence-corrected chi connectivity index (χ0v) is 16.3. The molecule has 1 atom stereocenters. The number of carbonyl (C=O) groups is 3. The number of hydrogen-bond acceptors (Lipinski definition) is 6. The van der Waals surface area contributed by atoms with Crippen LogP contribution < -0.4 is 15.2 Å². The summed E-state index contributed by atoms with van der Waals surface area (Å²) in [5, 5.41) is 0. The normalized spacial score (nSPS) is 17.5. The van der Waals surface area contributed by atoms with Gasteiger partial charge in [-0.2, -0.15) is 0 Å². The first-order chi connectivity index (χ1) is 14.5. The van der Waals surface area contributed by atoms with Crippen LogP contribution >= 0.6 is 0 Å². The second kappa shape index (κ2) is 8.44. The molecule has 2 aromatic rings. The van der Waals surface area contributed by atoms with Gasteiger partial charge in [0.1, 0.15) is 13.2 Å². The van der Waals surface area contributed by atoms with Crippen LogP contribution in [-0.2, 0) is 9.53 Å². The Balaban J connectivity index is 1.39. The maximum atomic E-state index is 12.7. The number of ether oxygens (including phenoxy) is 3. The molecule has 0 bridgehead atoms. The van der Waals surface area contributed by atoms with Gasteiger partial charge in [-0.25, -0.2) is 4.79 Å². The molecule has 1 fully saturated rings. The van der Waals surface area contributed by atoms with Crippen LogP contribution in [0.3, 0.4) is 0 Å². The van der Waals surface area contributed by atoms with Crippen molar-refractivity contribution in [1.29, 1.82) is 0 Å². The predicted octanol–water partition coefficient (Wildman–Crippen LogP) is 2.08. The Hall–Kier alpha value is -3.55. The molecule has 0 radical (unpaired) electrons. The third-order valence-electron chi connectivity index (χ3n) is 5.26. The van der Waals surface area contributed by atoms with E-state index in [2.05, 4.69) is 0 Å². The minimum atomic E-state index is -0.630. The third-order valence-corrected chi connectivity index (χ3v) is 5.26. The average Bonchev–Trinajstić information content (AvgIpc) is 3.27. The van der Waals surface area contributed by atoms with Crippen molar-refractivity contribution in [3.63, 3.8) is 0 Å². The summed E-state index contributed by atoms with van der Waals surface area (Å²) in [4.78, 5) is 37.8. The van der Waals surface area contributed by atoms with Crippen molar-refractivity contribution in [2.75, 3.05) is 26.4 Å². The fourth-order valence-electron chi connectivity index (χ4n) is 3.74. The van der Waals surface area contributed by atoms with Gasteiger partial charge in [0, 0.05) is 12.1 Å². The monoisotopic (exact) mass is 410 g/mol. The molecule has 4 rings (SSSR count). The number of amides is 2. The van der Waals surface area contributed by atoms with Crippen molar-refractivity contribution >= 4 is 17.8 Å². The largest absolute Gasteiger partial charge is 0.486 e. The van der Waals surface area contributed by atoms with E-state index in [1.807, 2.05) is 18.2 Å². The van der Waals surface area contributed by atoms with Crippen LogP contribution in [0.15, 0.2) is 42.5 Å². The first-order valence-electron chi connectivity index (χ1n) is 9.79. The van der Waals surface area contributed by atoms with Gasteiger partial charge in [-0.15, -0.1) is 0 Å². The summed E-state index contributed by atoms with van der Waals surface area (Å²) in [6.07, 6.45) is 1.70. The third kappa shape index (κ3) is 4.07. The highest BCUT2D eigenvalue weighted by molar-refractivity contribution is 5.95. The maximum Gasteiger partial charge on any atom is 0.338 e. The molecule has 8 nitrogen and oxygen atoms in total. The lowest BCUT2D eigenvalue weighted by molar-refractivity contribution is -0.135. The van der Waals surface area contributed by atoms with E-state index in [0.717, 1.165) is 18.4 Å². The van der Waals surface area contributed by atoms with Gasteiger partial charge in [0.2, 0.25) is 5.91 Å². The molecule has 156 valence electrons. The molecule has 0 saturated carbocycles. The van der Waals surface area contributed by atoms with Crippen molar-refractivity contribution < 1.29 is 28.6 Å². The van der Waals surface area contributed by atoms with Crippen LogP contribution in [0.25, 0.3) is 0 Å². The topological polar surface area (TPSA) is 108 Å². The number of fused-ring (bicyclic) bond motifs is 1. The summed E-state index contributed by atoms with van der Waals surface area (Å²) in [5.41, 5.74) is 6.70. The summed E-state index contributed by atoms with van der Waals surface area (Å²) in [7, 11) is 0. The van der Waals surface area contributed by atoms with Gasteiger partial charge in [-0.1, -0.05) is 6.07 Å². The first-order valence-corrected chi connectivity index (χ1v) is 9.79. The molecule has 8 heteroatoms. The number of esters is 1. The van der Waals surface area contributed by atoms with Gasteiger partial charge >= 0.3 is 5.97 Å². The highest BCUT2D eigenvalue weighted by Crippen LogP contribution is 2.38. The minimum Gasteiger partial charge on any atom is -0.486 e. The molecule has 30 heavy (non-hydrogen) atoms. The summed E-state index contributed by atoms with van der Waals surface area (Å²) in [6, 6.07) is 11.4. The van der Waals surface area contributed by atoms with E-state index < -0.39 is 11.9 Å². The van der Waals surface area contributed by atoms with Crippen molar-refractivity contribution in [2.24, 2.45) is 5.73 Å². The molecule has 2 aliphatic rings. The second-order valence-corrected chi connectivity index (χ2v) is 7.17. The van der Waals surface area contributed by atoms with Gasteiger partial charge in [0.25, 0.3) is 5.91 Å². The number of carbonyl (C=O) groups excluding carboxylic acids is 3. The standard InChI is InChI=1S/C22H22N2O6/c23-21(26)14-3-5-15(6-4-14)22(27)30-13-20(25)24-9-1-2-17(24)16-7-8-18-19(12-16)29-11-10-28-18/h3-8,12,17H,1-2,9-11,13H2,(H2,23,26). The van der Waals surface area contributed by atoms with E-state index >= 15 is 0 Å². The lowest BCUT2D eigenvalue weighted by atomic mass is 10.0. The van der Waals surface area contributed by atoms with Crippen molar-refractivity contribution in [3.8, 4) is 11.5 Å². The fourth-order valence-corrected chi connectivity index (χ4v) is 3.74. The van der Waals surface area contributed by atoms with Crippen LogP contribution in [0.4, 0.5) is 0 Å². The van der Waals surface area contributed by atoms with Gasteiger partial charge in [0.15, 0.2) is 18.1 Å². The molecule has 0 aromatic heterocycles. The molecule has 0 aliphatic carbocycles. The molecule has 2 aromatic carbocycles. The number of benzene rings is 2. The summed E-state index contributed by atoms with van der Waals surface area (Å²) < 4.78 is 16.4. The van der Waals surface area contributed by atoms with Crippen LogP contribution in [0.5, 0.6) is 11.5 Å². The van der Waals surface area contributed by atoms with E-state index in [0.29, 0.717) is 36.8 Å². The van der Waals surface area contributed by atoms with Gasteiger partial charge < -0.3 is 24.8 Å². The van der Waals surface area contributed by atoms with Crippen LogP contribution in [0.1, 0.15) is 45.2 Å². The van der Waals surface area contributed by atoms with Crippen LogP contribution in [-0.4, -0.2) is 49.0 Å². The smallest absolute Gasteiger partial charge is 0.338 e. The summed E-state index contributed by atoms with van der Waals surface area (Å²) >= 11 is 0. The average molecular weight is 410 g/mol. The van der Waals surface area contributed by atoms with E-state index in [4.69, 9.17) is 19.9 Å². The molecule has 1 unspecified atom stereocenters. The molecule has 2 N–H and O–H groups in total. The Bertz CT molecular complexity index is 972. The molecule has 2 heterocycles. The van der Waals surface area contributed by atoms with E-state index in [1.165, 1.54) is 24.3 Å². The maximum absolute atomic E-state index is 12.7. The number of primary amides is 1. The Morgan fingerprint density at radius 2 is 1.70 bits per heavy atom. The molecule has 2 amide bonds. The lowest BCUT2D eigenvalue weighted by Gasteiger charge is -2.26. The van der Waals surface area contributed by atoms with Gasteiger partial charge in [0.05, 0.1) is 11.6 Å². The zero-order chi connectivity index (χ0) is 21.1. The highest BCUT2D eigenvalue weighted by atomic mass is 16.6. The summed E-state index contributed by atoms with van der Waals surface area (Å²) in [6.45, 7) is 1.28. The molecule has 1 saturated heterocycles. The summed E-state index contributed by atoms with van der Waals surface area (Å²) in [5.74, 6) is -0.0747. The Morgan fingerprint density at radius 1 is 1.00 bits per heavy atom. The van der Waals surface area contributed by atoms with Crippen molar-refractivity contribution in [1.82, 2.24) is 4.90 Å². The quantitative estimate of drug-likeness (QED) is 0.756. The van der Waals surface area contributed by atoms with Gasteiger partial charge in [-0.05, 0) is 54.8 Å². The molecule has 2 aliphatic heterocycles. The SMILES string of the molecule is NC(=O)c1ccc(C(=O)OCC(=O)N2CCCC2c2ccc3c(c2)OCCO3)cc1. The molecular formula is C22H22N2O6. The highest BCUT2D eigenvalue weighted by Gasteiger charge is 2.31.